The lowest BCUT2D eigenvalue weighted by Crippen LogP contribution is -2.05. The molecular formula is C19H14O6. The van der Waals surface area contributed by atoms with Gasteiger partial charge in [-0.25, -0.2) is 0 Å². The van der Waals surface area contributed by atoms with Crippen molar-refractivity contribution in [3.05, 3.63) is 65.7 Å². The number of carbonyl (C=O) groups is 1. The first kappa shape index (κ1) is 16.2. The highest BCUT2D eigenvalue weighted by Crippen LogP contribution is 2.51. The van der Waals surface area contributed by atoms with Crippen LogP contribution in [0.2, 0.25) is 0 Å². The number of para-hydroxylation sites is 1. The summed E-state index contributed by atoms with van der Waals surface area (Å²) in [5, 5.41) is 50.1. The van der Waals surface area contributed by atoms with Crippen LogP contribution in [0.1, 0.15) is 15.9 Å². The molecule has 0 aromatic heterocycles. The maximum absolute atomic E-state index is 12.9. The van der Waals surface area contributed by atoms with Crippen molar-refractivity contribution in [2.45, 2.75) is 0 Å². The summed E-state index contributed by atoms with van der Waals surface area (Å²) >= 11 is 0. The maximum Gasteiger partial charge on any atom is 0.205 e. The molecule has 6 nitrogen and oxygen atoms in total. The molecule has 0 fully saturated rings. The molecule has 0 unspecified atom stereocenters. The Labute approximate surface area is 142 Å². The van der Waals surface area contributed by atoms with Gasteiger partial charge in [-0.1, -0.05) is 42.5 Å². The van der Waals surface area contributed by atoms with Crippen LogP contribution in [0.4, 0.5) is 0 Å². The van der Waals surface area contributed by atoms with Gasteiger partial charge >= 0.3 is 0 Å². The van der Waals surface area contributed by atoms with Gasteiger partial charge in [-0.2, -0.15) is 0 Å². The van der Waals surface area contributed by atoms with Crippen molar-refractivity contribution in [3.63, 3.8) is 0 Å². The molecule has 5 N–H and O–H groups in total. The fourth-order valence-corrected chi connectivity index (χ4v) is 2.61. The molecule has 0 aliphatic rings. The minimum absolute atomic E-state index is 0.125. The SMILES string of the molecule is O=C(c1ccccc1O)c1c(O)c(O)c(O)c(O)c1-c1ccccc1. The Bertz CT molecular complexity index is 963. The topological polar surface area (TPSA) is 118 Å². The molecule has 0 heterocycles. The van der Waals surface area contributed by atoms with Crippen molar-refractivity contribution in [1.29, 1.82) is 0 Å². The Morgan fingerprint density at radius 1 is 0.640 bits per heavy atom. The van der Waals surface area contributed by atoms with Crippen LogP contribution in [0.25, 0.3) is 11.1 Å². The van der Waals surface area contributed by atoms with Gasteiger partial charge in [-0.05, 0) is 17.7 Å². The van der Waals surface area contributed by atoms with E-state index in [1.165, 1.54) is 24.3 Å². The van der Waals surface area contributed by atoms with Crippen molar-refractivity contribution < 1.29 is 30.3 Å². The van der Waals surface area contributed by atoms with E-state index >= 15 is 0 Å². The summed E-state index contributed by atoms with van der Waals surface area (Å²) in [6, 6.07) is 13.8. The molecule has 0 radical (unpaired) electrons. The fraction of sp³-hybridized carbons (Fsp3) is 0. The lowest BCUT2D eigenvalue weighted by Gasteiger charge is -2.16. The number of benzene rings is 3. The number of ketones is 1. The van der Waals surface area contributed by atoms with Gasteiger partial charge in [0.2, 0.25) is 17.3 Å². The Morgan fingerprint density at radius 2 is 1.20 bits per heavy atom. The molecule has 0 bridgehead atoms. The van der Waals surface area contributed by atoms with E-state index < -0.39 is 34.3 Å². The number of hydrogen-bond donors (Lipinski definition) is 5. The largest absolute Gasteiger partial charge is 0.507 e. The Hall–Kier alpha value is -3.67. The highest BCUT2D eigenvalue weighted by molar-refractivity contribution is 6.17. The number of rotatable bonds is 3. The third kappa shape index (κ3) is 2.59. The molecule has 0 amide bonds. The number of phenols is 5. The molecule has 0 spiro atoms. The van der Waals surface area contributed by atoms with Crippen LogP contribution >= 0.6 is 0 Å². The van der Waals surface area contributed by atoms with Crippen LogP contribution in [0.5, 0.6) is 28.7 Å². The summed E-state index contributed by atoms with van der Waals surface area (Å²) in [7, 11) is 0. The molecule has 0 aliphatic carbocycles. The van der Waals surface area contributed by atoms with Gasteiger partial charge in [0.25, 0.3) is 0 Å². The molecule has 3 rings (SSSR count). The van der Waals surface area contributed by atoms with Gasteiger partial charge in [0.05, 0.1) is 11.1 Å². The highest BCUT2D eigenvalue weighted by Gasteiger charge is 2.29. The summed E-state index contributed by atoms with van der Waals surface area (Å²) in [6.07, 6.45) is 0. The van der Waals surface area contributed by atoms with E-state index in [0.29, 0.717) is 5.56 Å². The van der Waals surface area contributed by atoms with Crippen LogP contribution in [0.3, 0.4) is 0 Å². The van der Waals surface area contributed by atoms with Crippen molar-refractivity contribution >= 4 is 5.78 Å². The van der Waals surface area contributed by atoms with Crippen LogP contribution < -0.4 is 0 Å². The van der Waals surface area contributed by atoms with E-state index in [4.69, 9.17) is 0 Å². The normalized spacial score (nSPS) is 10.6. The van der Waals surface area contributed by atoms with Crippen LogP contribution in [0.15, 0.2) is 54.6 Å². The van der Waals surface area contributed by atoms with E-state index in [1.807, 2.05) is 0 Å². The van der Waals surface area contributed by atoms with Crippen molar-refractivity contribution in [3.8, 4) is 39.9 Å². The highest BCUT2D eigenvalue weighted by atomic mass is 16.3. The van der Waals surface area contributed by atoms with Gasteiger partial charge in [-0.15, -0.1) is 0 Å². The quantitative estimate of drug-likeness (QED) is 0.284. The smallest absolute Gasteiger partial charge is 0.205 e. The molecule has 0 aliphatic heterocycles. The molecule has 3 aromatic rings. The van der Waals surface area contributed by atoms with Gasteiger partial charge in [-0.3, -0.25) is 4.79 Å². The van der Waals surface area contributed by atoms with Gasteiger partial charge < -0.3 is 25.5 Å². The van der Waals surface area contributed by atoms with Crippen LogP contribution in [-0.2, 0) is 0 Å². The maximum atomic E-state index is 12.9. The monoisotopic (exact) mass is 338 g/mol. The predicted octanol–water partition coefficient (Wildman–Crippen LogP) is 3.11. The van der Waals surface area contributed by atoms with Gasteiger partial charge in [0, 0.05) is 5.56 Å². The van der Waals surface area contributed by atoms with Crippen molar-refractivity contribution in [2.75, 3.05) is 0 Å². The third-order valence-electron chi connectivity index (χ3n) is 3.83. The van der Waals surface area contributed by atoms with E-state index in [0.717, 1.165) is 0 Å². The van der Waals surface area contributed by atoms with E-state index in [-0.39, 0.29) is 16.9 Å². The summed E-state index contributed by atoms with van der Waals surface area (Å²) in [6.45, 7) is 0. The Balaban J connectivity index is 2.36. The zero-order valence-electron chi connectivity index (χ0n) is 12.8. The molecule has 6 heteroatoms. The number of hydrogen-bond acceptors (Lipinski definition) is 6. The first-order valence-electron chi connectivity index (χ1n) is 7.31. The number of aromatic hydroxyl groups is 5. The average Bonchev–Trinajstić information content (AvgIpc) is 2.63. The summed E-state index contributed by atoms with van der Waals surface area (Å²) in [4.78, 5) is 12.9. The second kappa shape index (κ2) is 6.09. The summed E-state index contributed by atoms with van der Waals surface area (Å²) in [5.74, 6) is -4.73. The molecule has 126 valence electrons. The predicted molar refractivity (Wildman–Crippen MR) is 90.1 cm³/mol. The molecule has 0 saturated heterocycles. The van der Waals surface area contributed by atoms with Crippen molar-refractivity contribution in [2.24, 2.45) is 0 Å². The van der Waals surface area contributed by atoms with Gasteiger partial charge in [0.15, 0.2) is 11.5 Å². The fourth-order valence-electron chi connectivity index (χ4n) is 2.61. The zero-order valence-corrected chi connectivity index (χ0v) is 12.8. The average molecular weight is 338 g/mol. The first-order chi connectivity index (χ1) is 11.9. The lowest BCUT2D eigenvalue weighted by molar-refractivity contribution is 0.103. The third-order valence-corrected chi connectivity index (χ3v) is 3.83. The van der Waals surface area contributed by atoms with E-state index in [9.17, 15) is 30.3 Å². The van der Waals surface area contributed by atoms with Gasteiger partial charge in [0.1, 0.15) is 5.75 Å². The first-order valence-corrected chi connectivity index (χ1v) is 7.31. The lowest BCUT2D eigenvalue weighted by atomic mass is 9.91. The van der Waals surface area contributed by atoms with E-state index in [2.05, 4.69) is 0 Å². The minimum Gasteiger partial charge on any atom is -0.507 e. The number of phenolic OH excluding ortho intramolecular Hbond substituents is 5. The molecule has 25 heavy (non-hydrogen) atoms. The van der Waals surface area contributed by atoms with E-state index in [1.54, 1.807) is 30.3 Å². The summed E-state index contributed by atoms with van der Waals surface area (Å²) < 4.78 is 0. The molecular weight excluding hydrogens is 324 g/mol. The Morgan fingerprint density at radius 3 is 1.84 bits per heavy atom. The van der Waals surface area contributed by atoms with Crippen LogP contribution in [-0.4, -0.2) is 31.3 Å². The molecule has 0 saturated carbocycles. The molecule has 3 aromatic carbocycles. The molecule has 0 atom stereocenters. The standard InChI is InChI=1S/C19H14O6/c20-12-9-5-4-8-11(12)15(21)14-13(10-6-2-1-3-7-10)16(22)18(24)19(25)17(14)23/h1-9,20,22-25H. The van der Waals surface area contributed by atoms with Crippen molar-refractivity contribution in [1.82, 2.24) is 0 Å². The Kier molecular flexibility index (Phi) is 3.94. The summed E-state index contributed by atoms with van der Waals surface area (Å²) in [5.41, 5.74) is -0.369. The second-order valence-electron chi connectivity index (χ2n) is 5.36. The zero-order chi connectivity index (χ0) is 18.1. The number of carbonyl (C=O) groups excluding carboxylic acids is 1. The van der Waals surface area contributed by atoms with Crippen LogP contribution in [0, 0.1) is 0 Å². The second-order valence-corrected chi connectivity index (χ2v) is 5.36. The minimum atomic E-state index is -1.02.